The fourth-order valence-electron chi connectivity index (χ4n) is 1.82. The zero-order chi connectivity index (χ0) is 12.7. The zero-order valence-electron chi connectivity index (χ0n) is 9.13. The Hall–Kier alpha value is -0.500. The first-order valence-corrected chi connectivity index (χ1v) is 7.70. The summed E-state index contributed by atoms with van der Waals surface area (Å²) in [6.45, 7) is 0.983. The Kier molecular flexibility index (Phi) is 3.40. The molecule has 0 saturated carbocycles. The van der Waals surface area contributed by atoms with Crippen LogP contribution >= 0.6 is 43.2 Å². The number of hydrogen-bond donors (Lipinski definition) is 1. The number of aromatic nitrogens is 2. The largest absolute Gasteiger partial charge is 0.376 e. The van der Waals surface area contributed by atoms with Gasteiger partial charge in [-0.3, -0.25) is 4.79 Å². The van der Waals surface area contributed by atoms with Gasteiger partial charge in [0.15, 0.2) is 5.82 Å². The summed E-state index contributed by atoms with van der Waals surface area (Å²) in [5, 5.41) is 0. The predicted molar refractivity (Wildman–Crippen MR) is 76.9 cm³/mol. The summed E-state index contributed by atoms with van der Waals surface area (Å²) in [7, 11) is 0. The van der Waals surface area contributed by atoms with Crippen molar-refractivity contribution in [3.63, 3.8) is 0 Å². The summed E-state index contributed by atoms with van der Waals surface area (Å²) in [6.07, 6.45) is 0.694. The molecule has 0 fully saturated rings. The molecule has 0 unspecified atom stereocenters. The van der Waals surface area contributed by atoms with Crippen LogP contribution < -0.4 is 5.56 Å². The molecule has 0 saturated heterocycles. The highest BCUT2D eigenvalue weighted by molar-refractivity contribution is 9.13. The van der Waals surface area contributed by atoms with Gasteiger partial charge < -0.3 is 9.72 Å². The summed E-state index contributed by atoms with van der Waals surface area (Å²) < 4.78 is 7.22. The third-order valence-corrected chi connectivity index (χ3v) is 5.97. The molecule has 7 heteroatoms. The molecule has 3 rings (SSSR count). The summed E-state index contributed by atoms with van der Waals surface area (Å²) in [5.41, 5.74) is 1.40. The van der Waals surface area contributed by atoms with Gasteiger partial charge in [-0.15, -0.1) is 11.3 Å². The van der Waals surface area contributed by atoms with Crippen LogP contribution in [0.25, 0.3) is 10.7 Å². The molecule has 94 valence electrons. The summed E-state index contributed by atoms with van der Waals surface area (Å²) in [5.74, 6) is 0.622. The van der Waals surface area contributed by atoms with Crippen molar-refractivity contribution in [2.24, 2.45) is 0 Å². The molecule has 3 heterocycles. The van der Waals surface area contributed by atoms with E-state index in [-0.39, 0.29) is 5.56 Å². The second-order valence-corrected chi connectivity index (χ2v) is 7.10. The van der Waals surface area contributed by atoms with Crippen molar-refractivity contribution in [2.45, 2.75) is 13.0 Å². The highest BCUT2D eigenvalue weighted by Gasteiger charge is 2.17. The van der Waals surface area contributed by atoms with Crippen LogP contribution in [0, 0.1) is 0 Å². The van der Waals surface area contributed by atoms with Crippen LogP contribution in [0.15, 0.2) is 19.1 Å². The van der Waals surface area contributed by atoms with Gasteiger partial charge in [-0.2, -0.15) is 0 Å². The maximum Gasteiger partial charge on any atom is 0.256 e. The number of H-pyrrole nitrogens is 1. The van der Waals surface area contributed by atoms with Crippen LogP contribution in [0.1, 0.15) is 11.3 Å². The van der Waals surface area contributed by atoms with Crippen LogP contribution in [0.2, 0.25) is 0 Å². The number of fused-ring (bicyclic) bond motifs is 1. The number of ether oxygens (including phenoxy) is 1. The van der Waals surface area contributed by atoms with E-state index in [1.54, 1.807) is 0 Å². The number of thiophene rings is 1. The molecule has 1 aliphatic rings. The highest BCUT2D eigenvalue weighted by Crippen LogP contribution is 2.36. The van der Waals surface area contributed by atoms with Crippen molar-refractivity contribution >= 4 is 43.2 Å². The molecule has 0 amide bonds. The zero-order valence-corrected chi connectivity index (χ0v) is 13.1. The topological polar surface area (TPSA) is 55.0 Å². The molecule has 1 aliphatic heterocycles. The van der Waals surface area contributed by atoms with E-state index in [9.17, 15) is 4.79 Å². The van der Waals surface area contributed by atoms with E-state index >= 15 is 0 Å². The third kappa shape index (κ3) is 2.20. The van der Waals surface area contributed by atoms with E-state index < -0.39 is 0 Å². The highest BCUT2D eigenvalue weighted by atomic mass is 79.9. The van der Waals surface area contributed by atoms with Crippen molar-refractivity contribution in [1.82, 2.24) is 9.97 Å². The van der Waals surface area contributed by atoms with Gasteiger partial charge in [0.25, 0.3) is 5.56 Å². The number of nitrogens with one attached hydrogen (secondary N) is 1. The molecule has 0 aromatic carbocycles. The number of aromatic amines is 1. The van der Waals surface area contributed by atoms with Gasteiger partial charge >= 0.3 is 0 Å². The van der Waals surface area contributed by atoms with E-state index in [0.29, 0.717) is 31.0 Å². The summed E-state index contributed by atoms with van der Waals surface area (Å²) in [4.78, 5) is 20.2. The maximum absolute atomic E-state index is 12.0. The molecule has 0 radical (unpaired) electrons. The summed E-state index contributed by atoms with van der Waals surface area (Å²) in [6, 6.07) is 1.94. The Morgan fingerprint density at radius 1 is 1.44 bits per heavy atom. The van der Waals surface area contributed by atoms with E-state index in [1.807, 2.05) is 6.07 Å². The predicted octanol–water partition coefficient (Wildman–Crippen LogP) is 3.10. The van der Waals surface area contributed by atoms with E-state index in [2.05, 4.69) is 41.8 Å². The quantitative estimate of drug-likeness (QED) is 0.812. The normalized spacial score (nSPS) is 14.6. The lowest BCUT2D eigenvalue weighted by Crippen LogP contribution is -2.24. The van der Waals surface area contributed by atoms with Crippen LogP contribution in [-0.2, 0) is 17.8 Å². The Balaban J connectivity index is 2.13. The van der Waals surface area contributed by atoms with Crippen molar-refractivity contribution in [3.05, 3.63) is 35.9 Å². The minimum Gasteiger partial charge on any atom is -0.376 e. The van der Waals surface area contributed by atoms with E-state index in [0.717, 1.165) is 18.8 Å². The molecule has 4 nitrogen and oxygen atoms in total. The molecule has 0 bridgehead atoms. The molecule has 0 atom stereocenters. The second-order valence-electron chi connectivity index (χ2n) is 3.87. The van der Waals surface area contributed by atoms with Crippen molar-refractivity contribution < 1.29 is 4.74 Å². The smallest absolute Gasteiger partial charge is 0.256 e. The lowest BCUT2D eigenvalue weighted by Gasteiger charge is -2.14. The van der Waals surface area contributed by atoms with Gasteiger partial charge in [0.2, 0.25) is 0 Å². The molecule has 1 N–H and O–H groups in total. The number of halogens is 2. The average molecular weight is 392 g/mol. The van der Waals surface area contributed by atoms with E-state index in [1.165, 1.54) is 11.3 Å². The Labute approximate surface area is 124 Å². The molecule has 2 aromatic rings. The van der Waals surface area contributed by atoms with Crippen LogP contribution in [0.3, 0.4) is 0 Å². The lowest BCUT2D eigenvalue weighted by atomic mass is 10.1. The Bertz CT molecular complexity index is 646. The standard InChI is InChI=1S/C11H8Br2N2O2S/c12-6-3-8(18-9(6)13)10-14-7-1-2-17-4-5(7)11(16)15-10/h3H,1-2,4H2,(H,14,15,16). The van der Waals surface area contributed by atoms with Gasteiger partial charge in [-0.25, -0.2) is 4.98 Å². The molecule has 0 spiro atoms. The first-order chi connectivity index (χ1) is 8.65. The van der Waals surface area contributed by atoms with Crippen LogP contribution in [-0.4, -0.2) is 16.6 Å². The monoisotopic (exact) mass is 390 g/mol. The van der Waals surface area contributed by atoms with Gasteiger partial charge in [0.1, 0.15) is 0 Å². The minimum absolute atomic E-state index is 0.102. The van der Waals surface area contributed by atoms with Gasteiger partial charge in [0, 0.05) is 10.9 Å². The molecular formula is C11H8Br2N2O2S. The molecule has 0 aliphatic carbocycles. The molecule has 18 heavy (non-hydrogen) atoms. The van der Waals surface area contributed by atoms with Crippen molar-refractivity contribution in [1.29, 1.82) is 0 Å². The Morgan fingerprint density at radius 3 is 3.00 bits per heavy atom. The number of nitrogens with zero attached hydrogens (tertiary/aromatic N) is 1. The third-order valence-electron chi connectivity index (χ3n) is 2.71. The van der Waals surface area contributed by atoms with Gasteiger partial charge in [-0.05, 0) is 37.9 Å². The molecular weight excluding hydrogens is 384 g/mol. The Morgan fingerprint density at radius 2 is 2.28 bits per heavy atom. The minimum atomic E-state index is -0.102. The van der Waals surface area contributed by atoms with E-state index in [4.69, 9.17) is 4.74 Å². The van der Waals surface area contributed by atoms with Gasteiger partial charge in [-0.1, -0.05) is 0 Å². The van der Waals surface area contributed by atoms with Crippen LogP contribution in [0.5, 0.6) is 0 Å². The SMILES string of the molecule is O=c1[nH]c(-c2cc(Br)c(Br)s2)nc2c1COCC2. The fourth-order valence-corrected chi connectivity index (χ4v) is 3.80. The fraction of sp³-hybridized carbons (Fsp3) is 0.273. The number of hydrogen-bond acceptors (Lipinski definition) is 4. The maximum atomic E-state index is 12.0. The van der Waals surface area contributed by atoms with Gasteiger partial charge in [0.05, 0.1) is 33.1 Å². The number of rotatable bonds is 1. The first-order valence-electron chi connectivity index (χ1n) is 5.30. The van der Waals surface area contributed by atoms with Crippen molar-refractivity contribution in [2.75, 3.05) is 6.61 Å². The molecule has 2 aromatic heterocycles. The lowest BCUT2D eigenvalue weighted by molar-refractivity contribution is 0.108. The first kappa shape index (κ1) is 12.5. The van der Waals surface area contributed by atoms with Crippen LogP contribution in [0.4, 0.5) is 0 Å². The summed E-state index contributed by atoms with van der Waals surface area (Å²) >= 11 is 8.40. The average Bonchev–Trinajstić information content (AvgIpc) is 2.70. The van der Waals surface area contributed by atoms with Crippen molar-refractivity contribution in [3.8, 4) is 10.7 Å². The second kappa shape index (κ2) is 4.88.